The average molecular weight is 348 g/mol. The molecule has 106 valence electrons. The fraction of sp³-hybridized carbons (Fsp3) is 0.143. The van der Waals surface area contributed by atoms with Crippen molar-refractivity contribution < 1.29 is 17.6 Å². The Labute approximate surface area is 121 Å². The van der Waals surface area contributed by atoms with Crippen LogP contribution in [0.1, 0.15) is 11.1 Å². The zero-order valence-corrected chi connectivity index (χ0v) is 11.7. The Balaban J connectivity index is 2.21. The molecule has 0 spiro atoms. The van der Waals surface area contributed by atoms with Gasteiger partial charge in [-0.15, -0.1) is 0 Å². The van der Waals surface area contributed by atoms with Crippen LogP contribution in [0.25, 0.3) is 0 Å². The average Bonchev–Trinajstić information content (AvgIpc) is 2.39. The van der Waals surface area contributed by atoms with E-state index in [0.29, 0.717) is 4.47 Å². The SMILES string of the molecule is Fc1ccc(Br)cc1CNc1ccccc1C(F)(F)F. The Morgan fingerprint density at radius 2 is 1.75 bits per heavy atom. The predicted octanol–water partition coefficient (Wildman–Crippen LogP) is 5.22. The molecule has 0 aliphatic carbocycles. The summed E-state index contributed by atoms with van der Waals surface area (Å²) in [6, 6.07) is 9.43. The lowest BCUT2D eigenvalue weighted by atomic mass is 10.1. The molecule has 0 heterocycles. The standard InChI is InChI=1S/C14H10BrF4N/c15-10-5-6-12(16)9(7-10)8-20-13-4-2-1-3-11(13)14(17,18)19/h1-7,20H,8H2. The lowest BCUT2D eigenvalue weighted by molar-refractivity contribution is -0.136. The molecule has 0 atom stereocenters. The number of benzene rings is 2. The van der Waals surface area contributed by atoms with Crippen LogP contribution in [-0.4, -0.2) is 0 Å². The first-order chi connectivity index (χ1) is 9.38. The Bertz CT molecular complexity index is 610. The van der Waals surface area contributed by atoms with Crippen molar-refractivity contribution in [3.05, 3.63) is 63.9 Å². The van der Waals surface area contributed by atoms with Gasteiger partial charge in [0.15, 0.2) is 0 Å². The number of anilines is 1. The second-order valence-corrected chi connectivity index (χ2v) is 5.05. The Morgan fingerprint density at radius 3 is 2.45 bits per heavy atom. The molecule has 0 aliphatic heterocycles. The number of para-hydroxylation sites is 1. The molecule has 0 saturated heterocycles. The van der Waals surface area contributed by atoms with Gasteiger partial charge in [0.2, 0.25) is 0 Å². The van der Waals surface area contributed by atoms with E-state index in [1.54, 1.807) is 0 Å². The number of alkyl halides is 3. The quantitative estimate of drug-likeness (QED) is 0.750. The molecule has 0 bridgehead atoms. The molecule has 6 heteroatoms. The van der Waals surface area contributed by atoms with Crippen molar-refractivity contribution in [2.75, 3.05) is 5.32 Å². The summed E-state index contributed by atoms with van der Waals surface area (Å²) in [4.78, 5) is 0. The van der Waals surface area contributed by atoms with Crippen LogP contribution >= 0.6 is 15.9 Å². The summed E-state index contributed by atoms with van der Waals surface area (Å²) in [5.41, 5.74) is -0.550. The number of halogens is 5. The highest BCUT2D eigenvalue weighted by molar-refractivity contribution is 9.10. The van der Waals surface area contributed by atoms with Crippen LogP contribution in [-0.2, 0) is 12.7 Å². The van der Waals surface area contributed by atoms with Crippen molar-refractivity contribution in [2.24, 2.45) is 0 Å². The van der Waals surface area contributed by atoms with Gasteiger partial charge in [-0.1, -0.05) is 28.1 Å². The third kappa shape index (κ3) is 3.50. The maximum absolute atomic E-state index is 13.5. The van der Waals surface area contributed by atoms with Gasteiger partial charge in [0.25, 0.3) is 0 Å². The van der Waals surface area contributed by atoms with Gasteiger partial charge in [-0.2, -0.15) is 13.2 Å². The molecule has 0 aliphatic rings. The minimum atomic E-state index is -4.45. The third-order valence-electron chi connectivity index (χ3n) is 2.71. The summed E-state index contributed by atoms with van der Waals surface area (Å²) in [7, 11) is 0. The van der Waals surface area contributed by atoms with E-state index in [1.165, 1.54) is 36.4 Å². The van der Waals surface area contributed by atoms with E-state index in [4.69, 9.17) is 0 Å². The van der Waals surface area contributed by atoms with Crippen LogP contribution in [0, 0.1) is 5.82 Å². The van der Waals surface area contributed by atoms with Gasteiger partial charge in [0.1, 0.15) is 5.82 Å². The summed E-state index contributed by atoms with van der Waals surface area (Å²) in [5.74, 6) is -0.467. The lowest BCUT2D eigenvalue weighted by Gasteiger charge is -2.14. The van der Waals surface area contributed by atoms with E-state index < -0.39 is 17.6 Å². The molecule has 1 nitrogen and oxygen atoms in total. The normalized spacial score (nSPS) is 11.4. The molecule has 0 saturated carbocycles. The van der Waals surface area contributed by atoms with Crippen molar-refractivity contribution in [1.29, 1.82) is 0 Å². The van der Waals surface area contributed by atoms with Crippen LogP contribution in [0.3, 0.4) is 0 Å². The molecule has 0 fully saturated rings. The van der Waals surface area contributed by atoms with Crippen molar-refractivity contribution >= 4 is 21.6 Å². The number of rotatable bonds is 3. The van der Waals surface area contributed by atoms with Crippen molar-refractivity contribution in [1.82, 2.24) is 0 Å². The third-order valence-corrected chi connectivity index (χ3v) is 3.20. The second kappa shape index (κ2) is 5.83. The minimum Gasteiger partial charge on any atom is -0.380 e. The summed E-state index contributed by atoms with van der Waals surface area (Å²) in [6.45, 7) is -0.0294. The summed E-state index contributed by atoms with van der Waals surface area (Å²) < 4.78 is 52.6. The second-order valence-electron chi connectivity index (χ2n) is 4.13. The van der Waals surface area contributed by atoms with Crippen LogP contribution in [0.2, 0.25) is 0 Å². The predicted molar refractivity (Wildman–Crippen MR) is 72.9 cm³/mol. The van der Waals surface area contributed by atoms with E-state index in [2.05, 4.69) is 21.2 Å². The molecule has 1 N–H and O–H groups in total. The summed E-state index contributed by atoms with van der Waals surface area (Å²) in [5, 5.41) is 2.62. The highest BCUT2D eigenvalue weighted by Gasteiger charge is 2.33. The molecule has 0 amide bonds. The number of hydrogen-bond acceptors (Lipinski definition) is 1. The van der Waals surface area contributed by atoms with Crippen LogP contribution in [0.15, 0.2) is 46.9 Å². The minimum absolute atomic E-state index is 0.0294. The fourth-order valence-corrected chi connectivity index (χ4v) is 2.16. The molecular formula is C14H10BrF4N. The first-order valence-electron chi connectivity index (χ1n) is 5.72. The van der Waals surface area contributed by atoms with Crippen LogP contribution in [0.5, 0.6) is 0 Å². The van der Waals surface area contributed by atoms with Crippen molar-refractivity contribution in [2.45, 2.75) is 12.7 Å². The Morgan fingerprint density at radius 1 is 1.05 bits per heavy atom. The van der Waals surface area contributed by atoms with E-state index in [1.807, 2.05) is 0 Å². The molecule has 0 unspecified atom stereocenters. The maximum atomic E-state index is 13.5. The summed E-state index contributed by atoms with van der Waals surface area (Å²) in [6.07, 6.45) is -4.45. The van der Waals surface area contributed by atoms with Gasteiger partial charge < -0.3 is 5.32 Å². The first-order valence-corrected chi connectivity index (χ1v) is 6.51. The van der Waals surface area contributed by atoms with E-state index >= 15 is 0 Å². The molecule has 2 aromatic rings. The zero-order valence-electron chi connectivity index (χ0n) is 10.1. The van der Waals surface area contributed by atoms with Gasteiger partial charge in [-0.25, -0.2) is 4.39 Å². The van der Waals surface area contributed by atoms with Crippen molar-refractivity contribution in [3.8, 4) is 0 Å². The zero-order chi connectivity index (χ0) is 14.8. The molecule has 2 rings (SSSR count). The van der Waals surface area contributed by atoms with Gasteiger partial charge in [0.05, 0.1) is 5.56 Å². The van der Waals surface area contributed by atoms with Gasteiger partial charge >= 0.3 is 6.18 Å². The molecule has 2 aromatic carbocycles. The first kappa shape index (κ1) is 14.8. The van der Waals surface area contributed by atoms with E-state index in [9.17, 15) is 17.6 Å². The van der Waals surface area contributed by atoms with Gasteiger partial charge in [-0.05, 0) is 30.3 Å². The molecule has 0 radical (unpaired) electrons. The monoisotopic (exact) mass is 347 g/mol. The largest absolute Gasteiger partial charge is 0.418 e. The van der Waals surface area contributed by atoms with E-state index in [-0.39, 0.29) is 17.8 Å². The van der Waals surface area contributed by atoms with Gasteiger partial charge in [-0.3, -0.25) is 0 Å². The summed E-state index contributed by atoms with van der Waals surface area (Å²) >= 11 is 3.19. The highest BCUT2D eigenvalue weighted by atomic mass is 79.9. The topological polar surface area (TPSA) is 12.0 Å². The molecular weight excluding hydrogens is 338 g/mol. The number of hydrogen-bond donors (Lipinski definition) is 1. The smallest absolute Gasteiger partial charge is 0.380 e. The van der Waals surface area contributed by atoms with Gasteiger partial charge in [0, 0.05) is 22.3 Å². The van der Waals surface area contributed by atoms with Crippen molar-refractivity contribution in [3.63, 3.8) is 0 Å². The van der Waals surface area contributed by atoms with Crippen LogP contribution in [0.4, 0.5) is 23.2 Å². The Hall–Kier alpha value is -1.56. The lowest BCUT2D eigenvalue weighted by Crippen LogP contribution is -2.11. The van der Waals surface area contributed by atoms with E-state index in [0.717, 1.165) is 6.07 Å². The molecule has 20 heavy (non-hydrogen) atoms. The molecule has 0 aromatic heterocycles. The maximum Gasteiger partial charge on any atom is 0.418 e. The van der Waals surface area contributed by atoms with Crippen LogP contribution < -0.4 is 5.32 Å². The fourth-order valence-electron chi connectivity index (χ4n) is 1.75. The highest BCUT2D eigenvalue weighted by Crippen LogP contribution is 2.34. The Kier molecular flexibility index (Phi) is 4.32. The number of nitrogens with one attached hydrogen (secondary N) is 1.